The molecule has 1 aromatic carbocycles. The highest BCUT2D eigenvalue weighted by atomic mass is 16.3. The van der Waals surface area contributed by atoms with Crippen molar-refractivity contribution in [1.82, 2.24) is 5.32 Å². The lowest BCUT2D eigenvalue weighted by molar-refractivity contribution is 0.0919. The number of carbonyl (C=O) groups is 1. The van der Waals surface area contributed by atoms with Crippen LogP contribution in [0.15, 0.2) is 34.7 Å². The van der Waals surface area contributed by atoms with E-state index >= 15 is 0 Å². The number of amides is 1. The Kier molecular flexibility index (Phi) is 3.15. The topological polar surface area (TPSA) is 42.2 Å². The molecule has 0 radical (unpaired) electrons. The van der Waals surface area contributed by atoms with Crippen molar-refractivity contribution in [2.24, 2.45) is 0 Å². The molecule has 1 heterocycles. The molecule has 1 aromatic heterocycles. The van der Waals surface area contributed by atoms with Crippen molar-refractivity contribution in [3.63, 3.8) is 0 Å². The third-order valence-corrected chi connectivity index (χ3v) is 2.56. The van der Waals surface area contributed by atoms with Crippen LogP contribution in [0.4, 0.5) is 0 Å². The van der Waals surface area contributed by atoms with Crippen LogP contribution in [0.3, 0.4) is 0 Å². The molecule has 0 bridgehead atoms. The minimum absolute atomic E-state index is 0.254. The molecular formula is C14H13NO2. The van der Waals surface area contributed by atoms with Crippen LogP contribution in [-0.2, 0) is 0 Å². The first-order chi connectivity index (χ1) is 8.24. The molecule has 0 spiro atoms. The Morgan fingerprint density at radius 1 is 1.53 bits per heavy atom. The van der Waals surface area contributed by atoms with Gasteiger partial charge in [0.1, 0.15) is 5.58 Å². The minimum Gasteiger partial charge on any atom is -0.451 e. The van der Waals surface area contributed by atoms with E-state index in [0.717, 1.165) is 5.39 Å². The second kappa shape index (κ2) is 4.75. The monoisotopic (exact) mass is 227 g/mol. The summed E-state index contributed by atoms with van der Waals surface area (Å²) in [6.45, 7) is 1.92. The van der Waals surface area contributed by atoms with Crippen molar-refractivity contribution in [2.75, 3.05) is 0 Å². The fraction of sp³-hybridized carbons (Fsp3) is 0.214. The Morgan fingerprint density at radius 2 is 2.29 bits per heavy atom. The number of nitrogens with one attached hydrogen (secondary N) is 1. The average Bonchev–Trinajstić information content (AvgIpc) is 2.79. The fourth-order valence-electron chi connectivity index (χ4n) is 1.58. The van der Waals surface area contributed by atoms with Gasteiger partial charge in [-0.3, -0.25) is 4.79 Å². The molecule has 17 heavy (non-hydrogen) atoms. The van der Waals surface area contributed by atoms with Gasteiger partial charge in [0, 0.05) is 5.39 Å². The molecule has 3 heteroatoms. The largest absolute Gasteiger partial charge is 0.451 e. The lowest BCUT2D eigenvalue weighted by Gasteiger charge is -2.08. The maximum absolute atomic E-state index is 11.8. The van der Waals surface area contributed by atoms with Crippen LogP contribution < -0.4 is 5.32 Å². The summed E-state index contributed by atoms with van der Waals surface area (Å²) in [4.78, 5) is 11.8. The fourth-order valence-corrected chi connectivity index (χ4v) is 1.58. The van der Waals surface area contributed by atoms with Gasteiger partial charge in [0.15, 0.2) is 5.76 Å². The van der Waals surface area contributed by atoms with Gasteiger partial charge in [0.25, 0.3) is 5.91 Å². The lowest BCUT2D eigenvalue weighted by Crippen LogP contribution is -2.32. The third kappa shape index (κ3) is 2.31. The maximum atomic E-state index is 11.8. The predicted molar refractivity (Wildman–Crippen MR) is 66.6 cm³/mol. The van der Waals surface area contributed by atoms with Crippen LogP contribution in [0.25, 0.3) is 11.0 Å². The number of hydrogen-bond donors (Lipinski definition) is 1. The standard InChI is InChI=1S/C14H13NO2/c1-3-11(4-2)15-14(16)13-9-10-7-5-6-8-12(10)17-13/h1,5-9,11H,4H2,2H3,(H,15,16). The highest BCUT2D eigenvalue weighted by molar-refractivity contribution is 5.96. The van der Waals surface area contributed by atoms with Gasteiger partial charge in [-0.2, -0.15) is 0 Å². The van der Waals surface area contributed by atoms with Crippen molar-refractivity contribution in [3.05, 3.63) is 36.1 Å². The van der Waals surface area contributed by atoms with E-state index in [0.29, 0.717) is 17.8 Å². The third-order valence-electron chi connectivity index (χ3n) is 2.56. The summed E-state index contributed by atoms with van der Waals surface area (Å²) >= 11 is 0. The van der Waals surface area contributed by atoms with Crippen LogP contribution in [-0.4, -0.2) is 11.9 Å². The molecule has 1 atom stereocenters. The molecule has 1 N–H and O–H groups in total. The van der Waals surface area contributed by atoms with Crippen molar-refractivity contribution in [2.45, 2.75) is 19.4 Å². The first kappa shape index (κ1) is 11.3. The zero-order chi connectivity index (χ0) is 12.3. The van der Waals surface area contributed by atoms with Crippen molar-refractivity contribution >= 4 is 16.9 Å². The van der Waals surface area contributed by atoms with E-state index in [1.165, 1.54) is 0 Å². The van der Waals surface area contributed by atoms with Gasteiger partial charge in [-0.05, 0) is 18.6 Å². The molecule has 0 aliphatic carbocycles. The Balaban J connectivity index is 2.22. The molecule has 3 nitrogen and oxygen atoms in total. The SMILES string of the molecule is C#CC(CC)NC(=O)c1cc2ccccc2o1. The van der Waals surface area contributed by atoms with Crippen LogP contribution in [0.2, 0.25) is 0 Å². The average molecular weight is 227 g/mol. The summed E-state index contributed by atoms with van der Waals surface area (Å²) in [7, 11) is 0. The number of benzene rings is 1. The number of fused-ring (bicyclic) bond motifs is 1. The predicted octanol–water partition coefficient (Wildman–Crippen LogP) is 2.57. The first-order valence-corrected chi connectivity index (χ1v) is 5.50. The van der Waals surface area contributed by atoms with E-state index in [-0.39, 0.29) is 11.9 Å². The van der Waals surface area contributed by atoms with E-state index in [1.807, 2.05) is 31.2 Å². The van der Waals surface area contributed by atoms with Crippen molar-refractivity contribution < 1.29 is 9.21 Å². The summed E-state index contributed by atoms with van der Waals surface area (Å²) in [6, 6.07) is 8.95. The number of hydrogen-bond acceptors (Lipinski definition) is 2. The maximum Gasteiger partial charge on any atom is 0.288 e. The second-order valence-corrected chi connectivity index (χ2v) is 3.75. The number of terminal acetylenes is 1. The van der Waals surface area contributed by atoms with Gasteiger partial charge in [-0.1, -0.05) is 31.0 Å². The molecule has 86 valence electrons. The quantitative estimate of drug-likeness (QED) is 0.819. The van der Waals surface area contributed by atoms with Gasteiger partial charge in [-0.15, -0.1) is 6.42 Å². The van der Waals surface area contributed by atoms with Crippen molar-refractivity contribution in [3.8, 4) is 12.3 Å². The number of furan rings is 1. The molecule has 1 unspecified atom stereocenters. The van der Waals surface area contributed by atoms with Crippen LogP contribution in [0.1, 0.15) is 23.9 Å². The lowest BCUT2D eigenvalue weighted by atomic mass is 10.2. The molecule has 0 saturated carbocycles. The smallest absolute Gasteiger partial charge is 0.288 e. The van der Waals surface area contributed by atoms with E-state index in [9.17, 15) is 4.79 Å². The number of rotatable bonds is 3. The summed E-state index contributed by atoms with van der Waals surface area (Å²) in [5.41, 5.74) is 0.700. The van der Waals surface area contributed by atoms with E-state index in [2.05, 4.69) is 11.2 Å². The molecule has 0 aliphatic rings. The molecule has 0 fully saturated rings. The summed E-state index contributed by atoms with van der Waals surface area (Å²) in [6.07, 6.45) is 5.99. The van der Waals surface area contributed by atoms with Gasteiger partial charge in [-0.25, -0.2) is 0 Å². The van der Waals surface area contributed by atoms with E-state index in [4.69, 9.17) is 10.8 Å². The highest BCUT2D eigenvalue weighted by Gasteiger charge is 2.14. The number of carbonyl (C=O) groups excluding carboxylic acids is 1. The van der Waals surface area contributed by atoms with E-state index < -0.39 is 0 Å². The molecular weight excluding hydrogens is 214 g/mol. The molecule has 1 amide bonds. The molecule has 2 rings (SSSR count). The first-order valence-electron chi connectivity index (χ1n) is 5.50. The molecule has 0 aliphatic heterocycles. The zero-order valence-corrected chi connectivity index (χ0v) is 9.57. The van der Waals surface area contributed by atoms with Gasteiger partial charge in [0.05, 0.1) is 6.04 Å². The second-order valence-electron chi connectivity index (χ2n) is 3.75. The Bertz CT molecular complexity index is 544. The Morgan fingerprint density at radius 3 is 2.94 bits per heavy atom. The van der Waals surface area contributed by atoms with Gasteiger partial charge in [0.2, 0.25) is 0 Å². The van der Waals surface area contributed by atoms with Crippen LogP contribution in [0.5, 0.6) is 0 Å². The summed E-state index contributed by atoms with van der Waals surface area (Å²) in [5.74, 6) is 2.53. The van der Waals surface area contributed by atoms with E-state index in [1.54, 1.807) is 6.07 Å². The molecule has 2 aromatic rings. The number of para-hydroxylation sites is 1. The van der Waals surface area contributed by atoms with Crippen molar-refractivity contribution in [1.29, 1.82) is 0 Å². The highest BCUT2D eigenvalue weighted by Crippen LogP contribution is 2.18. The van der Waals surface area contributed by atoms with Gasteiger partial charge < -0.3 is 9.73 Å². The normalized spacial score (nSPS) is 12.0. The molecule has 0 saturated heterocycles. The summed E-state index contributed by atoms with van der Waals surface area (Å²) in [5, 5.41) is 3.63. The zero-order valence-electron chi connectivity index (χ0n) is 9.57. The van der Waals surface area contributed by atoms with Crippen LogP contribution in [0, 0.1) is 12.3 Å². The Labute approximate surface area is 99.8 Å². The van der Waals surface area contributed by atoms with Crippen LogP contribution >= 0.6 is 0 Å². The minimum atomic E-state index is -0.272. The summed E-state index contributed by atoms with van der Waals surface area (Å²) < 4.78 is 5.44. The van der Waals surface area contributed by atoms with Gasteiger partial charge >= 0.3 is 0 Å². The Hall–Kier alpha value is -2.21.